The number of benzene rings is 1. The van der Waals surface area contributed by atoms with Gasteiger partial charge < -0.3 is 10.1 Å². The van der Waals surface area contributed by atoms with Crippen LogP contribution < -0.4 is 0 Å². The predicted octanol–water partition coefficient (Wildman–Crippen LogP) is 3.21. The van der Waals surface area contributed by atoms with Crippen molar-refractivity contribution in [3.8, 4) is 0 Å². The quantitative estimate of drug-likeness (QED) is 0.826. The van der Waals surface area contributed by atoms with Gasteiger partial charge in [-0.15, -0.1) is 0 Å². The van der Waals surface area contributed by atoms with Crippen LogP contribution in [0.25, 0.3) is 10.9 Å². The highest BCUT2D eigenvalue weighted by Gasteiger charge is 2.15. The van der Waals surface area contributed by atoms with Crippen molar-refractivity contribution in [3.63, 3.8) is 0 Å². The van der Waals surface area contributed by atoms with Crippen LogP contribution >= 0.6 is 0 Å². The van der Waals surface area contributed by atoms with Gasteiger partial charge in [-0.05, 0) is 24.5 Å². The predicted molar refractivity (Wildman–Crippen MR) is 63.9 cm³/mol. The van der Waals surface area contributed by atoms with E-state index < -0.39 is 5.97 Å². The molecule has 0 spiro atoms. The maximum absolute atomic E-state index is 11.1. The summed E-state index contributed by atoms with van der Waals surface area (Å²) in [5.41, 5.74) is 2.19. The fraction of sp³-hybridized carbons (Fsp3) is 0.308. The standard InChI is InChI=1S/C13H15NO2/c1-2-3-6-10-9-7-4-5-8-11(9)14-12(10)13(15)16/h4-5,7-8,14H,2-3,6H2,1H3,(H,15,16). The molecule has 0 aliphatic rings. The summed E-state index contributed by atoms with van der Waals surface area (Å²) in [5, 5.41) is 10.2. The van der Waals surface area contributed by atoms with Crippen LogP contribution in [0.2, 0.25) is 0 Å². The SMILES string of the molecule is CCCCc1c(C(=O)O)[nH]c2ccccc12. The molecular weight excluding hydrogens is 202 g/mol. The smallest absolute Gasteiger partial charge is 0.352 e. The van der Waals surface area contributed by atoms with Crippen LogP contribution in [0.1, 0.15) is 35.8 Å². The summed E-state index contributed by atoms with van der Waals surface area (Å²) in [5.74, 6) is -0.873. The third-order valence-corrected chi connectivity index (χ3v) is 2.81. The van der Waals surface area contributed by atoms with Gasteiger partial charge in [0.15, 0.2) is 0 Å². The molecule has 0 bridgehead atoms. The molecular formula is C13H15NO2. The zero-order valence-electron chi connectivity index (χ0n) is 9.29. The van der Waals surface area contributed by atoms with Gasteiger partial charge in [0.05, 0.1) is 0 Å². The highest BCUT2D eigenvalue weighted by molar-refractivity contribution is 5.97. The Morgan fingerprint density at radius 2 is 2.12 bits per heavy atom. The first-order chi connectivity index (χ1) is 7.74. The van der Waals surface area contributed by atoms with E-state index in [1.807, 2.05) is 24.3 Å². The van der Waals surface area contributed by atoms with Gasteiger partial charge in [-0.3, -0.25) is 0 Å². The Labute approximate surface area is 94.1 Å². The Balaban J connectivity index is 2.55. The highest BCUT2D eigenvalue weighted by atomic mass is 16.4. The van der Waals surface area contributed by atoms with E-state index in [2.05, 4.69) is 11.9 Å². The monoisotopic (exact) mass is 217 g/mol. The molecule has 0 aliphatic heterocycles. The fourth-order valence-electron chi connectivity index (χ4n) is 2.00. The van der Waals surface area contributed by atoms with Crippen LogP contribution in [-0.2, 0) is 6.42 Å². The van der Waals surface area contributed by atoms with E-state index in [-0.39, 0.29) is 0 Å². The highest BCUT2D eigenvalue weighted by Crippen LogP contribution is 2.24. The van der Waals surface area contributed by atoms with Crippen LogP contribution in [0, 0.1) is 0 Å². The van der Waals surface area contributed by atoms with Crippen molar-refractivity contribution in [1.82, 2.24) is 4.98 Å². The number of H-pyrrole nitrogens is 1. The molecule has 0 saturated heterocycles. The van der Waals surface area contributed by atoms with Gasteiger partial charge in [0, 0.05) is 10.9 Å². The second-order valence-electron chi connectivity index (χ2n) is 3.93. The Morgan fingerprint density at radius 1 is 1.38 bits per heavy atom. The average Bonchev–Trinajstić information content (AvgIpc) is 2.65. The number of hydrogen-bond acceptors (Lipinski definition) is 1. The van der Waals surface area contributed by atoms with Gasteiger partial charge in [-0.2, -0.15) is 0 Å². The summed E-state index contributed by atoms with van der Waals surface area (Å²) < 4.78 is 0. The lowest BCUT2D eigenvalue weighted by molar-refractivity contribution is 0.0690. The Hall–Kier alpha value is -1.77. The summed E-state index contributed by atoms with van der Waals surface area (Å²) >= 11 is 0. The lowest BCUT2D eigenvalue weighted by Gasteiger charge is -1.99. The van der Waals surface area contributed by atoms with Crippen molar-refractivity contribution < 1.29 is 9.90 Å². The minimum absolute atomic E-state index is 0.342. The molecule has 84 valence electrons. The summed E-state index contributed by atoms with van der Waals surface area (Å²) in [6.45, 7) is 2.11. The lowest BCUT2D eigenvalue weighted by Crippen LogP contribution is -2.01. The van der Waals surface area contributed by atoms with Crippen LogP contribution in [0.3, 0.4) is 0 Å². The number of unbranched alkanes of at least 4 members (excludes halogenated alkanes) is 1. The number of para-hydroxylation sites is 1. The van der Waals surface area contributed by atoms with Crippen molar-refractivity contribution in [2.45, 2.75) is 26.2 Å². The molecule has 0 radical (unpaired) electrons. The normalized spacial score (nSPS) is 10.8. The van der Waals surface area contributed by atoms with Crippen LogP contribution in [0.5, 0.6) is 0 Å². The van der Waals surface area contributed by atoms with E-state index in [1.165, 1.54) is 0 Å². The van der Waals surface area contributed by atoms with Gasteiger partial charge >= 0.3 is 5.97 Å². The number of aromatic carboxylic acids is 1. The van der Waals surface area contributed by atoms with E-state index in [4.69, 9.17) is 5.11 Å². The maximum Gasteiger partial charge on any atom is 0.352 e. The number of hydrogen-bond donors (Lipinski definition) is 2. The summed E-state index contributed by atoms with van der Waals surface area (Å²) in [4.78, 5) is 14.1. The molecule has 2 aromatic rings. The van der Waals surface area contributed by atoms with Crippen molar-refractivity contribution >= 4 is 16.9 Å². The third kappa shape index (κ3) is 1.81. The number of nitrogens with one attached hydrogen (secondary N) is 1. The number of carboxylic acids is 1. The molecule has 3 nitrogen and oxygen atoms in total. The van der Waals surface area contributed by atoms with Crippen molar-refractivity contribution in [2.75, 3.05) is 0 Å². The van der Waals surface area contributed by atoms with Crippen molar-refractivity contribution in [1.29, 1.82) is 0 Å². The number of carbonyl (C=O) groups is 1. The Kier molecular flexibility index (Phi) is 2.95. The maximum atomic E-state index is 11.1. The molecule has 1 heterocycles. The molecule has 0 aliphatic carbocycles. The van der Waals surface area contributed by atoms with E-state index in [1.54, 1.807) is 0 Å². The zero-order chi connectivity index (χ0) is 11.5. The second-order valence-corrected chi connectivity index (χ2v) is 3.93. The first-order valence-electron chi connectivity index (χ1n) is 5.57. The van der Waals surface area contributed by atoms with Gasteiger partial charge in [0.1, 0.15) is 5.69 Å². The summed E-state index contributed by atoms with van der Waals surface area (Å²) in [6.07, 6.45) is 2.91. The van der Waals surface area contributed by atoms with Crippen LogP contribution in [-0.4, -0.2) is 16.1 Å². The van der Waals surface area contributed by atoms with Gasteiger partial charge in [-0.1, -0.05) is 31.5 Å². The summed E-state index contributed by atoms with van der Waals surface area (Å²) in [6, 6.07) is 7.74. The van der Waals surface area contributed by atoms with Gasteiger partial charge in [0.25, 0.3) is 0 Å². The number of carboxylic acid groups (broad SMARTS) is 1. The van der Waals surface area contributed by atoms with Crippen LogP contribution in [0.4, 0.5) is 0 Å². The first-order valence-corrected chi connectivity index (χ1v) is 5.57. The Bertz CT molecular complexity index is 514. The molecule has 0 saturated carbocycles. The number of aromatic amines is 1. The van der Waals surface area contributed by atoms with Crippen LogP contribution in [0.15, 0.2) is 24.3 Å². The molecule has 3 heteroatoms. The number of fused-ring (bicyclic) bond motifs is 1. The lowest BCUT2D eigenvalue weighted by atomic mass is 10.0. The van der Waals surface area contributed by atoms with Gasteiger partial charge in [-0.25, -0.2) is 4.79 Å². The largest absolute Gasteiger partial charge is 0.477 e. The number of rotatable bonds is 4. The van der Waals surface area contributed by atoms with Gasteiger partial charge in [0.2, 0.25) is 0 Å². The molecule has 2 N–H and O–H groups in total. The Morgan fingerprint density at radius 3 is 2.81 bits per heavy atom. The molecule has 1 aromatic heterocycles. The van der Waals surface area contributed by atoms with E-state index in [0.717, 1.165) is 35.7 Å². The fourth-order valence-corrected chi connectivity index (χ4v) is 2.00. The average molecular weight is 217 g/mol. The molecule has 2 rings (SSSR count). The zero-order valence-corrected chi connectivity index (χ0v) is 9.29. The van der Waals surface area contributed by atoms with Crippen molar-refractivity contribution in [2.24, 2.45) is 0 Å². The minimum Gasteiger partial charge on any atom is -0.477 e. The molecule has 16 heavy (non-hydrogen) atoms. The molecule has 1 aromatic carbocycles. The van der Waals surface area contributed by atoms with Crippen molar-refractivity contribution in [3.05, 3.63) is 35.5 Å². The number of aryl methyl sites for hydroxylation is 1. The molecule has 0 fully saturated rings. The molecule has 0 atom stereocenters. The third-order valence-electron chi connectivity index (χ3n) is 2.81. The van der Waals surface area contributed by atoms with E-state index in [0.29, 0.717) is 5.69 Å². The minimum atomic E-state index is -0.873. The molecule has 0 unspecified atom stereocenters. The number of aromatic nitrogens is 1. The summed E-state index contributed by atoms with van der Waals surface area (Å²) in [7, 11) is 0. The van der Waals surface area contributed by atoms with E-state index >= 15 is 0 Å². The first kappa shape index (κ1) is 10.7. The second kappa shape index (κ2) is 4.39. The molecule has 0 amide bonds. The van der Waals surface area contributed by atoms with E-state index in [9.17, 15) is 4.79 Å². The topological polar surface area (TPSA) is 53.1 Å².